The molecule has 6 heteroatoms. The summed E-state index contributed by atoms with van der Waals surface area (Å²) in [7, 11) is 0. The van der Waals surface area contributed by atoms with Crippen LogP contribution in [0.25, 0.3) is 6.08 Å². The van der Waals surface area contributed by atoms with Crippen LogP contribution in [0.5, 0.6) is 5.75 Å². The van der Waals surface area contributed by atoms with E-state index in [0.717, 1.165) is 21.5 Å². The van der Waals surface area contributed by atoms with Gasteiger partial charge < -0.3 is 4.74 Å². The SMILES string of the molecule is CC(C)Oc1ccc(/C=C2\SC(=S)N(c3ccc(Br)cc3)C2=O)cc1. The Kier molecular flexibility index (Phi) is 5.61. The quantitative estimate of drug-likeness (QED) is 0.460. The van der Waals surface area contributed by atoms with E-state index in [1.165, 1.54) is 11.8 Å². The molecule has 0 aliphatic carbocycles. The van der Waals surface area contributed by atoms with Gasteiger partial charge in [0.1, 0.15) is 5.75 Å². The maximum atomic E-state index is 12.7. The molecule has 2 aromatic rings. The Morgan fingerprint density at radius 3 is 2.36 bits per heavy atom. The zero-order valence-electron chi connectivity index (χ0n) is 13.7. The number of thiocarbonyl (C=S) groups is 1. The number of anilines is 1. The first-order valence-electron chi connectivity index (χ1n) is 7.74. The maximum absolute atomic E-state index is 12.7. The van der Waals surface area contributed by atoms with Gasteiger partial charge in [0.2, 0.25) is 0 Å². The highest BCUT2D eigenvalue weighted by Crippen LogP contribution is 2.36. The van der Waals surface area contributed by atoms with Crippen LogP contribution in [0.3, 0.4) is 0 Å². The summed E-state index contributed by atoms with van der Waals surface area (Å²) in [6.07, 6.45) is 1.99. The van der Waals surface area contributed by atoms with E-state index in [9.17, 15) is 4.79 Å². The third kappa shape index (κ3) is 4.32. The molecule has 1 amide bonds. The van der Waals surface area contributed by atoms with Gasteiger partial charge in [-0.2, -0.15) is 0 Å². The minimum atomic E-state index is -0.0974. The fourth-order valence-electron chi connectivity index (χ4n) is 2.35. The number of hydrogen-bond acceptors (Lipinski definition) is 4. The molecule has 0 spiro atoms. The van der Waals surface area contributed by atoms with Gasteiger partial charge in [0.15, 0.2) is 4.32 Å². The van der Waals surface area contributed by atoms with E-state index in [0.29, 0.717) is 9.23 Å². The molecule has 25 heavy (non-hydrogen) atoms. The number of halogens is 1. The van der Waals surface area contributed by atoms with Crippen molar-refractivity contribution in [2.24, 2.45) is 0 Å². The smallest absolute Gasteiger partial charge is 0.270 e. The Bertz CT molecular complexity index is 830. The van der Waals surface area contributed by atoms with Crippen LogP contribution >= 0.6 is 39.9 Å². The first-order valence-corrected chi connectivity index (χ1v) is 9.76. The van der Waals surface area contributed by atoms with Crippen molar-refractivity contribution in [1.29, 1.82) is 0 Å². The molecule has 1 saturated heterocycles. The van der Waals surface area contributed by atoms with Gasteiger partial charge in [-0.05, 0) is 61.9 Å². The van der Waals surface area contributed by atoms with Crippen molar-refractivity contribution >= 4 is 61.9 Å². The van der Waals surface area contributed by atoms with E-state index in [2.05, 4.69) is 15.9 Å². The molecule has 1 aliphatic rings. The number of ether oxygens (including phenoxy) is 1. The minimum Gasteiger partial charge on any atom is -0.491 e. The van der Waals surface area contributed by atoms with Crippen LogP contribution < -0.4 is 9.64 Å². The van der Waals surface area contributed by atoms with E-state index in [1.54, 1.807) is 4.90 Å². The number of nitrogens with zero attached hydrogens (tertiary/aromatic N) is 1. The van der Waals surface area contributed by atoms with Crippen molar-refractivity contribution in [2.75, 3.05) is 4.90 Å². The zero-order chi connectivity index (χ0) is 18.0. The Morgan fingerprint density at radius 2 is 1.76 bits per heavy atom. The third-order valence-electron chi connectivity index (χ3n) is 3.43. The normalized spacial score (nSPS) is 16.2. The van der Waals surface area contributed by atoms with Crippen molar-refractivity contribution in [2.45, 2.75) is 20.0 Å². The van der Waals surface area contributed by atoms with Gasteiger partial charge in [0.25, 0.3) is 5.91 Å². The van der Waals surface area contributed by atoms with Gasteiger partial charge in [0, 0.05) is 4.47 Å². The Morgan fingerprint density at radius 1 is 1.12 bits per heavy atom. The van der Waals surface area contributed by atoms with E-state index in [-0.39, 0.29) is 12.0 Å². The molecular formula is C19H16BrNO2S2. The second-order valence-corrected chi connectivity index (χ2v) is 8.32. The first-order chi connectivity index (χ1) is 11.9. The monoisotopic (exact) mass is 433 g/mol. The summed E-state index contributed by atoms with van der Waals surface area (Å²) in [6.45, 7) is 3.97. The van der Waals surface area contributed by atoms with Crippen LogP contribution in [0.15, 0.2) is 57.9 Å². The maximum Gasteiger partial charge on any atom is 0.270 e. The summed E-state index contributed by atoms with van der Waals surface area (Å²) in [5.74, 6) is 0.717. The highest BCUT2D eigenvalue weighted by atomic mass is 79.9. The fraction of sp³-hybridized carbons (Fsp3) is 0.158. The average molecular weight is 434 g/mol. The molecule has 3 rings (SSSR count). The van der Waals surface area contributed by atoms with Crippen LogP contribution in [0, 0.1) is 0 Å². The molecule has 1 fully saturated rings. The van der Waals surface area contributed by atoms with Crippen molar-refractivity contribution in [3.63, 3.8) is 0 Å². The summed E-state index contributed by atoms with van der Waals surface area (Å²) in [6, 6.07) is 15.2. The Hall–Kier alpha value is -1.63. The van der Waals surface area contributed by atoms with Gasteiger partial charge in [-0.15, -0.1) is 0 Å². The molecule has 0 unspecified atom stereocenters. The van der Waals surface area contributed by atoms with Gasteiger partial charge in [-0.3, -0.25) is 9.69 Å². The molecule has 3 nitrogen and oxygen atoms in total. The molecule has 1 aliphatic heterocycles. The lowest BCUT2D eigenvalue weighted by Gasteiger charge is -2.14. The molecule has 0 radical (unpaired) electrons. The molecule has 0 aromatic heterocycles. The predicted molar refractivity (Wildman–Crippen MR) is 112 cm³/mol. The highest BCUT2D eigenvalue weighted by molar-refractivity contribution is 9.10. The minimum absolute atomic E-state index is 0.0974. The Balaban J connectivity index is 1.81. The van der Waals surface area contributed by atoms with Crippen molar-refractivity contribution in [1.82, 2.24) is 0 Å². The van der Waals surface area contributed by atoms with Gasteiger partial charge >= 0.3 is 0 Å². The van der Waals surface area contributed by atoms with Crippen LogP contribution in [-0.4, -0.2) is 16.3 Å². The topological polar surface area (TPSA) is 29.5 Å². The number of thioether (sulfide) groups is 1. The third-order valence-corrected chi connectivity index (χ3v) is 5.26. The summed E-state index contributed by atoms with van der Waals surface area (Å²) in [5, 5.41) is 0. The second kappa shape index (κ2) is 7.72. The lowest BCUT2D eigenvalue weighted by atomic mass is 10.2. The standard InChI is InChI=1S/C19H16BrNO2S2/c1-12(2)23-16-9-3-13(4-10-16)11-17-18(22)21(19(24)25-17)15-7-5-14(20)6-8-15/h3-12H,1-2H3/b17-11-. The first kappa shape index (κ1) is 18.2. The number of carbonyl (C=O) groups excluding carboxylic acids is 1. The molecule has 0 bridgehead atoms. The number of carbonyl (C=O) groups is 1. The summed E-state index contributed by atoms with van der Waals surface area (Å²) in [4.78, 5) is 14.9. The lowest BCUT2D eigenvalue weighted by molar-refractivity contribution is -0.113. The van der Waals surface area contributed by atoms with Crippen molar-refractivity contribution < 1.29 is 9.53 Å². The van der Waals surface area contributed by atoms with E-state index in [4.69, 9.17) is 17.0 Å². The second-order valence-electron chi connectivity index (χ2n) is 5.73. The zero-order valence-corrected chi connectivity index (χ0v) is 17.0. The van der Waals surface area contributed by atoms with Gasteiger partial charge in [-0.1, -0.05) is 52.0 Å². The Labute approximate surface area is 165 Å². The van der Waals surface area contributed by atoms with E-state index < -0.39 is 0 Å². The molecule has 2 aromatic carbocycles. The fourth-order valence-corrected chi connectivity index (χ4v) is 3.91. The summed E-state index contributed by atoms with van der Waals surface area (Å²) >= 11 is 10.1. The molecule has 128 valence electrons. The molecule has 0 saturated carbocycles. The van der Waals surface area contributed by atoms with E-state index >= 15 is 0 Å². The highest BCUT2D eigenvalue weighted by Gasteiger charge is 2.33. The number of amides is 1. The largest absolute Gasteiger partial charge is 0.491 e. The average Bonchev–Trinajstić information content (AvgIpc) is 2.84. The van der Waals surface area contributed by atoms with Crippen molar-refractivity contribution in [3.05, 3.63) is 63.5 Å². The molecule has 1 heterocycles. The van der Waals surface area contributed by atoms with Gasteiger partial charge in [0.05, 0.1) is 16.7 Å². The predicted octanol–water partition coefficient (Wildman–Crippen LogP) is 5.64. The molecule has 0 N–H and O–H groups in total. The van der Waals surface area contributed by atoms with Crippen LogP contribution in [0.4, 0.5) is 5.69 Å². The summed E-state index contributed by atoms with van der Waals surface area (Å²) in [5.41, 5.74) is 1.71. The molecular weight excluding hydrogens is 418 g/mol. The van der Waals surface area contributed by atoms with E-state index in [1.807, 2.05) is 68.5 Å². The lowest BCUT2D eigenvalue weighted by Crippen LogP contribution is -2.27. The summed E-state index contributed by atoms with van der Waals surface area (Å²) < 4.78 is 7.14. The van der Waals surface area contributed by atoms with Crippen LogP contribution in [-0.2, 0) is 4.79 Å². The number of benzene rings is 2. The van der Waals surface area contributed by atoms with Gasteiger partial charge in [-0.25, -0.2) is 0 Å². The number of hydrogen-bond donors (Lipinski definition) is 0. The van der Waals surface area contributed by atoms with Crippen LogP contribution in [0.1, 0.15) is 19.4 Å². The van der Waals surface area contributed by atoms with Crippen molar-refractivity contribution in [3.8, 4) is 5.75 Å². The molecule has 0 atom stereocenters. The van der Waals surface area contributed by atoms with Crippen LogP contribution in [0.2, 0.25) is 0 Å². The number of rotatable bonds is 4.